The summed E-state index contributed by atoms with van der Waals surface area (Å²) in [6.07, 6.45) is 2.65. The lowest BCUT2D eigenvalue weighted by Crippen LogP contribution is -2.56. The van der Waals surface area contributed by atoms with Crippen molar-refractivity contribution in [3.63, 3.8) is 0 Å². The molecule has 0 aliphatic carbocycles. The van der Waals surface area contributed by atoms with Crippen LogP contribution in [-0.2, 0) is 31.3 Å². The van der Waals surface area contributed by atoms with Crippen LogP contribution in [0.15, 0.2) is 54.6 Å². The molecule has 1 spiro atoms. The molecule has 5 rings (SSSR count). The van der Waals surface area contributed by atoms with E-state index in [9.17, 15) is 19.2 Å². The van der Waals surface area contributed by atoms with Gasteiger partial charge in [0.25, 0.3) is 5.91 Å². The molecule has 200 valence electrons. The number of para-hydroxylation sites is 1. The smallest absolute Gasteiger partial charge is 0.253 e. The van der Waals surface area contributed by atoms with Crippen LogP contribution in [0.5, 0.6) is 0 Å². The second-order valence-corrected chi connectivity index (χ2v) is 11.1. The van der Waals surface area contributed by atoms with Crippen LogP contribution in [0, 0.1) is 11.8 Å². The predicted molar refractivity (Wildman–Crippen MR) is 147 cm³/mol. The molecule has 1 N–H and O–H groups in total. The van der Waals surface area contributed by atoms with Gasteiger partial charge in [0, 0.05) is 30.4 Å². The van der Waals surface area contributed by atoms with Crippen molar-refractivity contribution in [3.05, 3.63) is 65.7 Å². The molecule has 38 heavy (non-hydrogen) atoms. The zero-order chi connectivity index (χ0) is 27.0. The number of likely N-dealkylation sites (tertiary alicyclic amines) is 1. The molecule has 3 aliphatic rings. The first kappa shape index (κ1) is 26.4. The lowest BCUT2D eigenvalue weighted by molar-refractivity contribution is -0.143. The number of hydrogen-bond acceptors (Lipinski definition) is 6. The Labute approximate surface area is 227 Å². The van der Waals surface area contributed by atoms with Crippen molar-refractivity contribution in [2.75, 3.05) is 36.5 Å². The second-order valence-electron chi connectivity index (χ2n) is 10.1. The van der Waals surface area contributed by atoms with Crippen LogP contribution in [0.2, 0.25) is 0 Å². The fourth-order valence-corrected chi connectivity index (χ4v) is 6.88. The van der Waals surface area contributed by atoms with E-state index in [0.29, 0.717) is 30.8 Å². The maximum atomic E-state index is 14.4. The van der Waals surface area contributed by atoms with Gasteiger partial charge >= 0.3 is 0 Å². The molecule has 3 heterocycles. The molecular formula is C29H34N4O4S. The normalized spacial score (nSPS) is 25.9. The minimum Gasteiger partial charge on any atom is -0.342 e. The van der Waals surface area contributed by atoms with Crippen LogP contribution in [0.4, 0.5) is 5.69 Å². The third-order valence-corrected chi connectivity index (χ3v) is 8.83. The summed E-state index contributed by atoms with van der Waals surface area (Å²) in [5.74, 6) is -1.77. The number of rotatable bonds is 9. The van der Waals surface area contributed by atoms with Gasteiger partial charge in [0.2, 0.25) is 17.7 Å². The summed E-state index contributed by atoms with van der Waals surface area (Å²) in [7, 11) is 0. The lowest BCUT2D eigenvalue weighted by atomic mass is 9.76. The largest absolute Gasteiger partial charge is 0.342 e. The average Bonchev–Trinajstić information content (AvgIpc) is 3.49. The van der Waals surface area contributed by atoms with Gasteiger partial charge in [-0.15, -0.1) is 0 Å². The number of thioether (sulfide) groups is 1. The van der Waals surface area contributed by atoms with Crippen LogP contribution in [0.25, 0.3) is 0 Å². The van der Waals surface area contributed by atoms with Gasteiger partial charge in [0.15, 0.2) is 0 Å². The monoisotopic (exact) mass is 534 g/mol. The summed E-state index contributed by atoms with van der Waals surface area (Å²) in [5.41, 5.74) is 0.770. The molecule has 2 aromatic rings. The van der Waals surface area contributed by atoms with Crippen LogP contribution in [-0.4, -0.2) is 71.1 Å². The number of likely N-dealkylation sites (N-methyl/N-ethyl adjacent to an activating group) is 1. The summed E-state index contributed by atoms with van der Waals surface area (Å²) < 4.78 is 0. The van der Waals surface area contributed by atoms with Crippen molar-refractivity contribution in [3.8, 4) is 0 Å². The number of anilines is 1. The second kappa shape index (κ2) is 10.5. The summed E-state index contributed by atoms with van der Waals surface area (Å²) in [6, 6.07) is 16.5. The summed E-state index contributed by atoms with van der Waals surface area (Å²) in [5, 5.41) is 3.52. The number of amides is 4. The standard InChI is InChI=1S/C29H34N4O4S/c1-4-31(5-2)23(34)18-32-22-14-10-9-13-20(22)29(28(32)37)25-24(21(30-29)15-16-38-3)26(35)33(27(25)36)17-19-11-7-6-8-12-19/h6-14,21,24-25,30H,4-5,15-18H2,1-3H3/t21-,24+,25-,29+/m0/s1. The first-order valence-corrected chi connectivity index (χ1v) is 14.6. The van der Waals surface area contributed by atoms with E-state index >= 15 is 0 Å². The summed E-state index contributed by atoms with van der Waals surface area (Å²) >= 11 is 1.67. The Morgan fingerprint density at radius 3 is 2.34 bits per heavy atom. The molecule has 0 radical (unpaired) electrons. The number of benzene rings is 2. The molecule has 0 bridgehead atoms. The van der Waals surface area contributed by atoms with E-state index in [0.717, 1.165) is 11.3 Å². The van der Waals surface area contributed by atoms with E-state index < -0.39 is 17.4 Å². The molecule has 8 nitrogen and oxygen atoms in total. The third kappa shape index (κ3) is 4.03. The topological polar surface area (TPSA) is 90.0 Å². The number of nitrogens with zero attached hydrogens (tertiary/aromatic N) is 3. The van der Waals surface area contributed by atoms with Gasteiger partial charge in [-0.2, -0.15) is 11.8 Å². The molecule has 4 amide bonds. The zero-order valence-electron chi connectivity index (χ0n) is 22.1. The van der Waals surface area contributed by atoms with Crippen LogP contribution >= 0.6 is 11.8 Å². The van der Waals surface area contributed by atoms with Crippen molar-refractivity contribution in [1.29, 1.82) is 0 Å². The van der Waals surface area contributed by atoms with E-state index in [4.69, 9.17) is 0 Å². The minimum absolute atomic E-state index is 0.107. The number of hydrogen-bond donors (Lipinski definition) is 1. The Bertz CT molecular complexity index is 1250. The van der Waals surface area contributed by atoms with Crippen LogP contribution < -0.4 is 10.2 Å². The fourth-order valence-electron chi connectivity index (χ4n) is 6.39. The van der Waals surface area contributed by atoms with Crippen molar-refractivity contribution >= 4 is 41.1 Å². The van der Waals surface area contributed by atoms with Gasteiger partial charge in [-0.3, -0.25) is 29.4 Å². The first-order valence-electron chi connectivity index (χ1n) is 13.2. The third-order valence-electron chi connectivity index (χ3n) is 8.18. The Kier molecular flexibility index (Phi) is 7.33. The Morgan fingerprint density at radius 1 is 0.974 bits per heavy atom. The van der Waals surface area contributed by atoms with Crippen LogP contribution in [0.3, 0.4) is 0 Å². The van der Waals surface area contributed by atoms with E-state index in [1.807, 2.05) is 74.7 Å². The lowest BCUT2D eigenvalue weighted by Gasteiger charge is -2.31. The highest BCUT2D eigenvalue weighted by atomic mass is 32.2. The van der Waals surface area contributed by atoms with E-state index in [-0.39, 0.29) is 42.8 Å². The number of nitrogens with one attached hydrogen (secondary N) is 1. The Hall–Kier alpha value is -3.17. The number of fused-ring (bicyclic) bond motifs is 4. The van der Waals surface area contributed by atoms with Gasteiger partial charge in [-0.1, -0.05) is 48.5 Å². The first-order chi connectivity index (χ1) is 18.4. The molecule has 9 heteroatoms. The average molecular weight is 535 g/mol. The van der Waals surface area contributed by atoms with Gasteiger partial charge in [-0.25, -0.2) is 0 Å². The quantitative estimate of drug-likeness (QED) is 0.498. The van der Waals surface area contributed by atoms with E-state index in [1.54, 1.807) is 16.7 Å². The van der Waals surface area contributed by atoms with Gasteiger partial charge < -0.3 is 9.80 Å². The number of imide groups is 1. The molecule has 0 unspecified atom stereocenters. The minimum atomic E-state index is -1.38. The molecule has 2 aromatic carbocycles. The summed E-state index contributed by atoms with van der Waals surface area (Å²) in [4.78, 5) is 60.0. The zero-order valence-corrected chi connectivity index (χ0v) is 22.9. The summed E-state index contributed by atoms with van der Waals surface area (Å²) in [6.45, 7) is 4.98. The van der Waals surface area contributed by atoms with Gasteiger partial charge in [-0.05, 0) is 43.9 Å². The van der Waals surface area contributed by atoms with Gasteiger partial charge in [0.1, 0.15) is 12.1 Å². The molecular weight excluding hydrogens is 500 g/mol. The molecule has 2 saturated heterocycles. The predicted octanol–water partition coefficient (Wildman–Crippen LogP) is 2.62. The maximum Gasteiger partial charge on any atom is 0.253 e. The number of carbonyl (C=O) groups is 4. The van der Waals surface area contributed by atoms with Crippen molar-refractivity contribution in [2.24, 2.45) is 11.8 Å². The molecule has 4 atom stereocenters. The van der Waals surface area contributed by atoms with E-state index in [2.05, 4.69) is 5.32 Å². The highest BCUT2D eigenvalue weighted by Gasteiger charge is 2.71. The fraction of sp³-hybridized carbons (Fsp3) is 0.448. The highest BCUT2D eigenvalue weighted by molar-refractivity contribution is 7.98. The van der Waals surface area contributed by atoms with Gasteiger partial charge in [0.05, 0.1) is 18.4 Å². The van der Waals surface area contributed by atoms with Crippen LogP contribution in [0.1, 0.15) is 31.4 Å². The molecule has 0 aromatic heterocycles. The SMILES string of the molecule is CCN(CC)C(=O)CN1C(=O)[C@@]2(N[C@@H](CCSC)[C@H]3C(=O)N(Cc4ccccc4)C(=O)[C@H]32)c2ccccc21. The number of carbonyl (C=O) groups excluding carboxylic acids is 4. The van der Waals surface area contributed by atoms with Crippen molar-refractivity contribution in [2.45, 2.75) is 38.4 Å². The molecule has 0 saturated carbocycles. The Balaban J connectivity index is 1.57. The molecule has 2 fully saturated rings. The maximum absolute atomic E-state index is 14.4. The van der Waals surface area contributed by atoms with E-state index in [1.165, 1.54) is 9.80 Å². The van der Waals surface area contributed by atoms with Crippen molar-refractivity contribution < 1.29 is 19.2 Å². The molecule has 3 aliphatic heterocycles. The Morgan fingerprint density at radius 2 is 1.66 bits per heavy atom. The highest BCUT2D eigenvalue weighted by Crippen LogP contribution is 2.55. The van der Waals surface area contributed by atoms with Crippen molar-refractivity contribution in [1.82, 2.24) is 15.1 Å².